The number of hydrogen-bond acceptors (Lipinski definition) is 5. The molecule has 7 nitrogen and oxygen atoms in total. The zero-order valence-electron chi connectivity index (χ0n) is 13.6. The Hall–Kier alpha value is -1.76. The molecule has 0 saturated carbocycles. The Kier molecular flexibility index (Phi) is 5.28. The highest BCUT2D eigenvalue weighted by Gasteiger charge is 2.36. The van der Waals surface area contributed by atoms with E-state index in [4.69, 9.17) is 0 Å². The molecule has 1 amide bonds. The molecule has 0 spiro atoms. The van der Waals surface area contributed by atoms with E-state index in [-0.39, 0.29) is 24.5 Å². The molecule has 1 N–H and O–H groups in total. The first-order valence-corrected chi connectivity index (χ1v) is 7.70. The first kappa shape index (κ1) is 16.6. The molecule has 1 atom stereocenters. The summed E-state index contributed by atoms with van der Waals surface area (Å²) in [6, 6.07) is 0. The Morgan fingerprint density at radius 2 is 2.23 bits per heavy atom. The quantitative estimate of drug-likeness (QED) is 0.818. The average Bonchev–Trinajstić information content (AvgIpc) is 2.90. The van der Waals surface area contributed by atoms with Crippen LogP contribution in [0.1, 0.15) is 38.9 Å². The monoisotopic (exact) mass is 307 g/mol. The van der Waals surface area contributed by atoms with Gasteiger partial charge in [0.2, 0.25) is 5.91 Å². The Bertz CT molecular complexity index is 550. The summed E-state index contributed by atoms with van der Waals surface area (Å²) in [5, 5.41) is 21.0. The molecule has 122 valence electrons. The van der Waals surface area contributed by atoms with Crippen molar-refractivity contribution in [2.75, 3.05) is 19.7 Å². The molecule has 7 heteroatoms. The molecule has 1 aromatic rings. The molecule has 0 aromatic carbocycles. The third-order valence-electron chi connectivity index (χ3n) is 4.29. The topological polar surface area (TPSA) is 84.1 Å². The fourth-order valence-electron chi connectivity index (χ4n) is 2.83. The minimum atomic E-state index is -0.221. The van der Waals surface area contributed by atoms with Gasteiger partial charge in [-0.2, -0.15) is 0 Å². The molecule has 0 radical (unpaired) electrons. The van der Waals surface area contributed by atoms with E-state index in [2.05, 4.69) is 35.4 Å². The lowest BCUT2D eigenvalue weighted by Gasteiger charge is -2.41. The molecular weight excluding hydrogens is 282 g/mol. The van der Waals surface area contributed by atoms with Gasteiger partial charge in [0, 0.05) is 18.5 Å². The van der Waals surface area contributed by atoms with Gasteiger partial charge in [-0.15, -0.1) is 5.10 Å². The van der Waals surface area contributed by atoms with Gasteiger partial charge in [0.25, 0.3) is 0 Å². The van der Waals surface area contributed by atoms with E-state index in [1.807, 2.05) is 4.90 Å². The number of nitrogens with zero attached hydrogens (tertiary/aromatic N) is 5. The zero-order valence-corrected chi connectivity index (χ0v) is 13.6. The van der Waals surface area contributed by atoms with Gasteiger partial charge in [0.05, 0.1) is 6.61 Å². The normalized spacial score (nSPS) is 21.7. The number of aryl methyl sites for hydroxylation is 1. The molecule has 1 aliphatic heterocycles. The van der Waals surface area contributed by atoms with Crippen LogP contribution in [0.2, 0.25) is 0 Å². The molecule has 0 bridgehead atoms. The van der Waals surface area contributed by atoms with E-state index in [1.165, 1.54) is 10.3 Å². The number of piperidine rings is 1. The summed E-state index contributed by atoms with van der Waals surface area (Å²) >= 11 is 0. The summed E-state index contributed by atoms with van der Waals surface area (Å²) in [5.41, 5.74) is 1.02. The second-order valence-electron chi connectivity index (χ2n) is 6.45. The van der Waals surface area contributed by atoms with Crippen molar-refractivity contribution in [3.05, 3.63) is 17.5 Å². The highest BCUT2D eigenvalue weighted by Crippen LogP contribution is 2.34. The van der Waals surface area contributed by atoms with Crippen LogP contribution in [0.15, 0.2) is 11.6 Å². The van der Waals surface area contributed by atoms with Crippen LogP contribution >= 0.6 is 0 Å². The standard InChI is InChI=1S/C15H25N5O2/c1-12(2)5-7-15(11-21)6-4-8-19(10-15)14(22)9-20-13(3)16-17-18-20/h5,21H,4,6-11H2,1-3H3/t15-/m0/s1. The molecule has 0 aliphatic carbocycles. The van der Waals surface area contributed by atoms with E-state index < -0.39 is 0 Å². The molecule has 2 heterocycles. The highest BCUT2D eigenvalue weighted by molar-refractivity contribution is 5.76. The van der Waals surface area contributed by atoms with Crippen LogP contribution in [0, 0.1) is 12.3 Å². The fourth-order valence-corrected chi connectivity index (χ4v) is 2.83. The summed E-state index contributed by atoms with van der Waals surface area (Å²) < 4.78 is 1.51. The van der Waals surface area contributed by atoms with Crippen LogP contribution in [0.4, 0.5) is 0 Å². The number of rotatable bonds is 5. The summed E-state index contributed by atoms with van der Waals surface area (Å²) in [6.07, 6.45) is 4.81. The molecule has 1 aliphatic rings. The lowest BCUT2D eigenvalue weighted by molar-refractivity contribution is -0.136. The molecule has 22 heavy (non-hydrogen) atoms. The SMILES string of the molecule is CC(C)=CC[C@@]1(CO)CCCN(C(=O)Cn2nnnc2C)C1. The molecule has 1 fully saturated rings. The third kappa shape index (κ3) is 3.91. The van der Waals surface area contributed by atoms with Gasteiger partial charge in [-0.25, -0.2) is 4.68 Å². The lowest BCUT2D eigenvalue weighted by atomic mass is 9.77. The number of carbonyl (C=O) groups is 1. The van der Waals surface area contributed by atoms with Crippen molar-refractivity contribution in [1.82, 2.24) is 25.1 Å². The minimum absolute atomic E-state index is 0.00475. The van der Waals surface area contributed by atoms with E-state index in [1.54, 1.807) is 6.92 Å². The predicted octanol–water partition coefficient (Wildman–Crippen LogP) is 0.939. The van der Waals surface area contributed by atoms with E-state index in [0.717, 1.165) is 25.8 Å². The molecule has 1 saturated heterocycles. The van der Waals surface area contributed by atoms with Crippen LogP contribution in [0.25, 0.3) is 0 Å². The van der Waals surface area contributed by atoms with Crippen molar-refractivity contribution < 1.29 is 9.90 Å². The number of carbonyl (C=O) groups excluding carboxylic acids is 1. The van der Waals surface area contributed by atoms with Crippen molar-refractivity contribution in [1.29, 1.82) is 0 Å². The van der Waals surface area contributed by atoms with Crippen LogP contribution < -0.4 is 0 Å². The third-order valence-corrected chi connectivity index (χ3v) is 4.29. The molecule has 0 unspecified atom stereocenters. The second kappa shape index (κ2) is 7.00. The predicted molar refractivity (Wildman–Crippen MR) is 81.9 cm³/mol. The summed E-state index contributed by atoms with van der Waals surface area (Å²) in [4.78, 5) is 14.3. The Morgan fingerprint density at radius 1 is 1.45 bits per heavy atom. The first-order chi connectivity index (χ1) is 10.5. The minimum Gasteiger partial charge on any atom is -0.396 e. The van der Waals surface area contributed by atoms with E-state index in [0.29, 0.717) is 12.4 Å². The lowest BCUT2D eigenvalue weighted by Crippen LogP contribution is -2.48. The number of hydrogen-bond donors (Lipinski definition) is 1. The number of tetrazole rings is 1. The van der Waals surface area contributed by atoms with Gasteiger partial charge in [0.15, 0.2) is 0 Å². The van der Waals surface area contributed by atoms with E-state index >= 15 is 0 Å². The van der Waals surface area contributed by atoms with Crippen LogP contribution in [-0.2, 0) is 11.3 Å². The first-order valence-electron chi connectivity index (χ1n) is 7.70. The van der Waals surface area contributed by atoms with Crippen molar-refractivity contribution in [2.45, 2.75) is 46.6 Å². The van der Waals surface area contributed by atoms with Crippen LogP contribution in [-0.4, -0.2) is 55.8 Å². The van der Waals surface area contributed by atoms with Gasteiger partial charge in [-0.1, -0.05) is 11.6 Å². The largest absolute Gasteiger partial charge is 0.396 e. The van der Waals surface area contributed by atoms with Gasteiger partial charge in [-0.3, -0.25) is 4.79 Å². The summed E-state index contributed by atoms with van der Waals surface area (Å²) in [7, 11) is 0. The van der Waals surface area contributed by atoms with Gasteiger partial charge < -0.3 is 10.0 Å². The summed E-state index contributed by atoms with van der Waals surface area (Å²) in [6.45, 7) is 7.46. The maximum absolute atomic E-state index is 12.5. The second-order valence-corrected chi connectivity index (χ2v) is 6.45. The number of aliphatic hydroxyl groups excluding tert-OH is 1. The Labute approximate surface area is 131 Å². The summed E-state index contributed by atoms with van der Waals surface area (Å²) in [5.74, 6) is 0.633. The van der Waals surface area contributed by atoms with Gasteiger partial charge in [0.1, 0.15) is 12.4 Å². The van der Waals surface area contributed by atoms with Crippen LogP contribution in [0.5, 0.6) is 0 Å². The van der Waals surface area contributed by atoms with Crippen molar-refractivity contribution in [3.8, 4) is 0 Å². The maximum atomic E-state index is 12.5. The molecular formula is C15H25N5O2. The number of aromatic nitrogens is 4. The van der Waals surface area contributed by atoms with Crippen molar-refractivity contribution in [2.24, 2.45) is 5.41 Å². The van der Waals surface area contributed by atoms with Crippen molar-refractivity contribution in [3.63, 3.8) is 0 Å². The van der Waals surface area contributed by atoms with Gasteiger partial charge >= 0.3 is 0 Å². The maximum Gasteiger partial charge on any atom is 0.244 e. The fraction of sp³-hybridized carbons (Fsp3) is 0.733. The Balaban J connectivity index is 2.04. The number of allylic oxidation sites excluding steroid dienone is 2. The average molecular weight is 307 g/mol. The smallest absolute Gasteiger partial charge is 0.244 e. The molecule has 1 aromatic heterocycles. The number of likely N-dealkylation sites (tertiary alicyclic amines) is 1. The molecule has 2 rings (SSSR count). The van der Waals surface area contributed by atoms with Crippen molar-refractivity contribution >= 4 is 5.91 Å². The van der Waals surface area contributed by atoms with E-state index in [9.17, 15) is 9.90 Å². The number of amides is 1. The van der Waals surface area contributed by atoms with Gasteiger partial charge in [-0.05, 0) is 50.5 Å². The van der Waals surface area contributed by atoms with Crippen LogP contribution in [0.3, 0.4) is 0 Å². The zero-order chi connectivity index (χ0) is 16.2. The number of aliphatic hydroxyl groups is 1. The Morgan fingerprint density at radius 3 is 2.82 bits per heavy atom. The highest BCUT2D eigenvalue weighted by atomic mass is 16.3.